The molecule has 0 saturated carbocycles. The van der Waals surface area contributed by atoms with Gasteiger partial charge in [0.15, 0.2) is 5.65 Å². The first-order valence-corrected chi connectivity index (χ1v) is 6.43. The topological polar surface area (TPSA) is 39.3 Å². The van der Waals surface area contributed by atoms with E-state index in [9.17, 15) is 4.79 Å². The SMILES string of the molecule is CC.Cc1ccn2c(=O)n(CC(C)(C)C)nc2c1. The standard InChI is InChI=1S/C12H17N3O.C2H6/c1-9-5-6-14-10(7-9)13-15(11(14)16)8-12(2,3)4;1-2/h5-7H,8H2,1-4H3;1-2H3. The lowest BCUT2D eigenvalue weighted by molar-refractivity contribution is 0.320. The van der Waals surface area contributed by atoms with Crippen LogP contribution < -0.4 is 5.69 Å². The average Bonchev–Trinajstić information content (AvgIpc) is 2.56. The van der Waals surface area contributed by atoms with Crippen LogP contribution in [0.1, 0.15) is 40.2 Å². The van der Waals surface area contributed by atoms with Crippen LogP contribution in [0.25, 0.3) is 5.65 Å². The van der Waals surface area contributed by atoms with Gasteiger partial charge in [0.05, 0.1) is 6.54 Å². The van der Waals surface area contributed by atoms with Crippen LogP contribution in [0.15, 0.2) is 23.1 Å². The zero-order chi connectivity index (χ0) is 13.9. The summed E-state index contributed by atoms with van der Waals surface area (Å²) in [7, 11) is 0. The highest BCUT2D eigenvalue weighted by Gasteiger charge is 2.15. The Bertz CT molecular complexity index is 573. The first-order valence-electron chi connectivity index (χ1n) is 6.43. The summed E-state index contributed by atoms with van der Waals surface area (Å²) in [5.74, 6) is 0. The molecule has 2 aromatic heterocycles. The van der Waals surface area contributed by atoms with Crippen LogP contribution in [0.2, 0.25) is 0 Å². The Kier molecular flexibility index (Phi) is 4.33. The van der Waals surface area contributed by atoms with Crippen LogP contribution in [0, 0.1) is 12.3 Å². The van der Waals surface area contributed by atoms with Crippen LogP contribution >= 0.6 is 0 Å². The Balaban J connectivity index is 0.000000771. The lowest BCUT2D eigenvalue weighted by Crippen LogP contribution is -2.27. The molecule has 0 radical (unpaired) electrons. The van der Waals surface area contributed by atoms with Gasteiger partial charge in [0.2, 0.25) is 0 Å². The first-order chi connectivity index (χ1) is 8.37. The van der Waals surface area contributed by atoms with Gasteiger partial charge < -0.3 is 0 Å². The summed E-state index contributed by atoms with van der Waals surface area (Å²) >= 11 is 0. The average molecular weight is 249 g/mol. The molecule has 2 aromatic rings. The van der Waals surface area contributed by atoms with Crippen LogP contribution in [0.4, 0.5) is 0 Å². The highest BCUT2D eigenvalue weighted by atomic mass is 16.2. The zero-order valence-electron chi connectivity index (χ0n) is 12.2. The molecule has 0 unspecified atom stereocenters. The van der Waals surface area contributed by atoms with E-state index in [-0.39, 0.29) is 11.1 Å². The van der Waals surface area contributed by atoms with Gasteiger partial charge in [-0.3, -0.25) is 4.40 Å². The van der Waals surface area contributed by atoms with Crippen molar-refractivity contribution in [2.75, 3.05) is 0 Å². The fourth-order valence-electron chi connectivity index (χ4n) is 1.67. The quantitative estimate of drug-likeness (QED) is 0.779. The fraction of sp³-hybridized carbons (Fsp3) is 0.571. The van der Waals surface area contributed by atoms with Gasteiger partial charge in [0, 0.05) is 6.20 Å². The van der Waals surface area contributed by atoms with E-state index in [4.69, 9.17) is 0 Å². The second-order valence-corrected chi connectivity index (χ2v) is 5.43. The Morgan fingerprint density at radius 1 is 1.28 bits per heavy atom. The van der Waals surface area contributed by atoms with Crippen LogP contribution in [0.5, 0.6) is 0 Å². The molecule has 4 heteroatoms. The normalized spacial score (nSPS) is 11.2. The summed E-state index contributed by atoms with van der Waals surface area (Å²) in [5, 5.41) is 4.33. The van der Waals surface area contributed by atoms with E-state index in [0.29, 0.717) is 12.2 Å². The van der Waals surface area contributed by atoms with Crippen LogP contribution in [0.3, 0.4) is 0 Å². The molecule has 2 rings (SSSR count). The third-order valence-corrected chi connectivity index (χ3v) is 2.36. The van der Waals surface area contributed by atoms with Gasteiger partial charge in [-0.2, -0.15) is 0 Å². The molecule has 0 aromatic carbocycles. The number of aryl methyl sites for hydroxylation is 1. The number of hydrogen-bond acceptors (Lipinski definition) is 2. The van der Waals surface area contributed by atoms with Crippen molar-refractivity contribution in [2.24, 2.45) is 5.41 Å². The molecule has 0 aliphatic heterocycles. The van der Waals surface area contributed by atoms with Gasteiger partial charge in [-0.15, -0.1) is 5.10 Å². The van der Waals surface area contributed by atoms with E-state index in [1.165, 1.54) is 4.68 Å². The van der Waals surface area contributed by atoms with E-state index in [0.717, 1.165) is 5.56 Å². The number of nitrogens with zero attached hydrogens (tertiary/aromatic N) is 3. The minimum Gasteiger partial charge on any atom is -0.250 e. The molecule has 0 aliphatic rings. The van der Waals surface area contributed by atoms with Gasteiger partial charge in [-0.25, -0.2) is 9.48 Å². The van der Waals surface area contributed by atoms with Crippen molar-refractivity contribution < 1.29 is 0 Å². The molecule has 18 heavy (non-hydrogen) atoms. The van der Waals surface area contributed by atoms with E-state index in [2.05, 4.69) is 25.9 Å². The maximum absolute atomic E-state index is 12.0. The number of fused-ring (bicyclic) bond motifs is 1. The maximum Gasteiger partial charge on any atom is 0.350 e. The Labute approximate surface area is 108 Å². The summed E-state index contributed by atoms with van der Waals surface area (Å²) < 4.78 is 3.12. The summed E-state index contributed by atoms with van der Waals surface area (Å²) in [6.07, 6.45) is 1.78. The van der Waals surface area contributed by atoms with Gasteiger partial charge >= 0.3 is 5.69 Å². The first kappa shape index (κ1) is 14.5. The largest absolute Gasteiger partial charge is 0.350 e. The molecule has 100 valence electrons. The van der Waals surface area contributed by atoms with Crippen molar-refractivity contribution >= 4 is 5.65 Å². The lowest BCUT2D eigenvalue weighted by atomic mass is 9.97. The monoisotopic (exact) mass is 249 g/mol. The van der Waals surface area contributed by atoms with Gasteiger partial charge in [0.1, 0.15) is 0 Å². The van der Waals surface area contributed by atoms with E-state index in [1.54, 1.807) is 10.6 Å². The second kappa shape index (κ2) is 5.38. The molecule has 0 saturated heterocycles. The van der Waals surface area contributed by atoms with Gasteiger partial charge in [-0.05, 0) is 30.0 Å². The number of rotatable bonds is 1. The smallest absolute Gasteiger partial charge is 0.250 e. The summed E-state index contributed by atoms with van der Waals surface area (Å²) in [6, 6.07) is 3.83. The number of aromatic nitrogens is 3. The molecule has 0 amide bonds. The van der Waals surface area contributed by atoms with Crippen molar-refractivity contribution in [1.82, 2.24) is 14.2 Å². The van der Waals surface area contributed by atoms with E-state index in [1.807, 2.05) is 32.9 Å². The Morgan fingerprint density at radius 2 is 1.89 bits per heavy atom. The molecule has 0 spiro atoms. The minimum atomic E-state index is -0.0649. The van der Waals surface area contributed by atoms with Crippen molar-refractivity contribution in [3.05, 3.63) is 34.4 Å². The Hall–Kier alpha value is -1.58. The van der Waals surface area contributed by atoms with Gasteiger partial charge in [0.25, 0.3) is 0 Å². The summed E-state index contributed by atoms with van der Waals surface area (Å²) in [6.45, 7) is 12.9. The maximum atomic E-state index is 12.0. The second-order valence-electron chi connectivity index (χ2n) is 5.43. The lowest BCUT2D eigenvalue weighted by Gasteiger charge is -2.16. The fourth-order valence-corrected chi connectivity index (χ4v) is 1.67. The molecular weight excluding hydrogens is 226 g/mol. The summed E-state index contributed by atoms with van der Waals surface area (Å²) in [4.78, 5) is 12.0. The highest BCUT2D eigenvalue weighted by Crippen LogP contribution is 2.14. The van der Waals surface area contributed by atoms with E-state index < -0.39 is 0 Å². The number of pyridine rings is 1. The van der Waals surface area contributed by atoms with Crippen molar-refractivity contribution in [3.8, 4) is 0 Å². The Morgan fingerprint density at radius 3 is 2.44 bits per heavy atom. The third-order valence-electron chi connectivity index (χ3n) is 2.36. The molecule has 0 aliphatic carbocycles. The predicted octanol–water partition coefficient (Wildman–Crippen LogP) is 2.88. The molecular formula is C14H23N3O. The summed E-state index contributed by atoms with van der Waals surface area (Å²) in [5.41, 5.74) is 1.82. The molecule has 2 heterocycles. The van der Waals surface area contributed by atoms with Crippen molar-refractivity contribution in [2.45, 2.75) is 48.1 Å². The van der Waals surface area contributed by atoms with Crippen molar-refractivity contribution in [1.29, 1.82) is 0 Å². The highest BCUT2D eigenvalue weighted by molar-refractivity contribution is 5.39. The van der Waals surface area contributed by atoms with Crippen LogP contribution in [-0.2, 0) is 6.54 Å². The molecule has 0 bridgehead atoms. The van der Waals surface area contributed by atoms with Crippen LogP contribution in [-0.4, -0.2) is 14.2 Å². The molecule has 0 N–H and O–H groups in total. The number of hydrogen-bond donors (Lipinski definition) is 0. The third kappa shape index (κ3) is 3.22. The predicted molar refractivity (Wildman–Crippen MR) is 75.0 cm³/mol. The molecule has 0 fully saturated rings. The minimum absolute atomic E-state index is 0.0524. The zero-order valence-corrected chi connectivity index (χ0v) is 12.2. The molecule has 4 nitrogen and oxygen atoms in total. The van der Waals surface area contributed by atoms with E-state index >= 15 is 0 Å². The van der Waals surface area contributed by atoms with Gasteiger partial charge in [-0.1, -0.05) is 34.6 Å². The molecule has 0 atom stereocenters. The van der Waals surface area contributed by atoms with Crippen molar-refractivity contribution in [3.63, 3.8) is 0 Å².